The third kappa shape index (κ3) is 2.98. The topological polar surface area (TPSA) is 67.8 Å². The lowest BCUT2D eigenvalue weighted by atomic mass is 10.2. The van der Waals surface area contributed by atoms with Gasteiger partial charge in [-0.15, -0.1) is 0 Å². The Morgan fingerprint density at radius 3 is 2.59 bits per heavy atom. The van der Waals surface area contributed by atoms with Gasteiger partial charge in [-0.1, -0.05) is 18.2 Å². The first-order chi connectivity index (χ1) is 10.7. The molecule has 1 amide bonds. The van der Waals surface area contributed by atoms with E-state index in [1.165, 1.54) is 0 Å². The second-order valence-electron chi connectivity index (χ2n) is 4.75. The number of benzene rings is 1. The second-order valence-corrected chi connectivity index (χ2v) is 4.75. The summed E-state index contributed by atoms with van der Waals surface area (Å²) in [4.78, 5) is 25.1. The maximum absolute atomic E-state index is 12.4. The number of amides is 1. The average molecular weight is 290 g/mol. The number of carbonyl (C=O) groups is 1. The van der Waals surface area contributed by atoms with E-state index in [9.17, 15) is 4.79 Å². The Morgan fingerprint density at radius 1 is 1.05 bits per heavy atom. The molecule has 0 saturated carbocycles. The summed E-state index contributed by atoms with van der Waals surface area (Å²) in [6, 6.07) is 13.0. The largest absolute Gasteiger partial charge is 0.321 e. The molecule has 5 heteroatoms. The van der Waals surface area contributed by atoms with E-state index in [4.69, 9.17) is 0 Å². The molecule has 1 aromatic carbocycles. The van der Waals surface area contributed by atoms with Gasteiger partial charge in [-0.2, -0.15) is 0 Å². The molecular weight excluding hydrogens is 276 g/mol. The maximum Gasteiger partial charge on any atom is 0.276 e. The number of hydrogen-bond acceptors (Lipinski definition) is 4. The van der Waals surface area contributed by atoms with E-state index in [0.717, 1.165) is 11.3 Å². The van der Waals surface area contributed by atoms with Crippen LogP contribution in [0.2, 0.25) is 0 Å². The molecule has 0 atom stereocenters. The first-order valence-corrected chi connectivity index (χ1v) is 6.84. The molecule has 1 N–H and O–H groups in total. The van der Waals surface area contributed by atoms with Crippen molar-refractivity contribution in [3.8, 4) is 11.3 Å². The highest BCUT2D eigenvalue weighted by Gasteiger charge is 2.14. The summed E-state index contributed by atoms with van der Waals surface area (Å²) in [6.07, 6.45) is 5.03. The Balaban J connectivity index is 1.91. The molecule has 3 rings (SSSR count). The molecule has 22 heavy (non-hydrogen) atoms. The molecule has 5 nitrogen and oxygen atoms in total. The molecular formula is C17H14N4O. The van der Waals surface area contributed by atoms with Crippen molar-refractivity contribution in [1.29, 1.82) is 0 Å². The predicted molar refractivity (Wildman–Crippen MR) is 84.4 cm³/mol. The molecule has 0 aliphatic heterocycles. The van der Waals surface area contributed by atoms with Crippen molar-refractivity contribution in [3.63, 3.8) is 0 Å². The monoisotopic (exact) mass is 290 g/mol. The minimum Gasteiger partial charge on any atom is -0.321 e. The highest BCUT2D eigenvalue weighted by atomic mass is 16.1. The Hall–Kier alpha value is -3.08. The standard InChI is InChI=1S/C17H14N4O/c1-12-16(17(22)20-14-7-3-2-4-8-14)21-15(11-19-12)13-6-5-9-18-10-13/h2-11H,1H3,(H,20,22). The summed E-state index contributed by atoms with van der Waals surface area (Å²) < 4.78 is 0. The van der Waals surface area contributed by atoms with Crippen LogP contribution in [0, 0.1) is 6.92 Å². The number of nitrogens with one attached hydrogen (secondary N) is 1. The van der Waals surface area contributed by atoms with E-state index in [0.29, 0.717) is 17.1 Å². The SMILES string of the molecule is Cc1ncc(-c2cccnc2)nc1C(=O)Nc1ccccc1. The van der Waals surface area contributed by atoms with Crippen molar-refractivity contribution >= 4 is 11.6 Å². The Morgan fingerprint density at radius 2 is 1.86 bits per heavy atom. The fraction of sp³-hybridized carbons (Fsp3) is 0.0588. The number of hydrogen-bond donors (Lipinski definition) is 1. The van der Waals surface area contributed by atoms with Crippen LogP contribution >= 0.6 is 0 Å². The van der Waals surface area contributed by atoms with Gasteiger partial charge >= 0.3 is 0 Å². The highest BCUT2D eigenvalue weighted by Crippen LogP contribution is 2.17. The van der Waals surface area contributed by atoms with Gasteiger partial charge in [0.1, 0.15) is 5.69 Å². The fourth-order valence-electron chi connectivity index (χ4n) is 2.03. The number of rotatable bonds is 3. The van der Waals surface area contributed by atoms with Gasteiger partial charge in [-0.05, 0) is 31.2 Å². The second kappa shape index (κ2) is 6.13. The number of carbonyl (C=O) groups excluding carboxylic acids is 1. The molecule has 0 bridgehead atoms. The van der Waals surface area contributed by atoms with Crippen LogP contribution in [0.1, 0.15) is 16.2 Å². The Bertz CT molecular complexity index is 788. The number of anilines is 1. The minimum atomic E-state index is -0.276. The lowest BCUT2D eigenvalue weighted by Crippen LogP contribution is -2.16. The molecule has 0 fully saturated rings. The quantitative estimate of drug-likeness (QED) is 0.804. The molecule has 0 saturated heterocycles. The Kier molecular flexibility index (Phi) is 3.87. The van der Waals surface area contributed by atoms with Gasteiger partial charge in [0, 0.05) is 23.6 Å². The van der Waals surface area contributed by atoms with Gasteiger partial charge in [-0.25, -0.2) is 4.98 Å². The zero-order valence-electron chi connectivity index (χ0n) is 12.0. The molecule has 108 valence electrons. The lowest BCUT2D eigenvalue weighted by Gasteiger charge is -2.08. The van der Waals surface area contributed by atoms with Crippen LogP contribution in [-0.4, -0.2) is 20.9 Å². The van der Waals surface area contributed by atoms with Crippen molar-refractivity contribution in [2.24, 2.45) is 0 Å². The van der Waals surface area contributed by atoms with Crippen LogP contribution < -0.4 is 5.32 Å². The van der Waals surface area contributed by atoms with Crippen molar-refractivity contribution < 1.29 is 4.79 Å². The molecule has 2 aromatic heterocycles. The molecule has 0 aliphatic carbocycles. The normalized spacial score (nSPS) is 10.2. The first kappa shape index (κ1) is 13.9. The van der Waals surface area contributed by atoms with Crippen molar-refractivity contribution in [2.75, 3.05) is 5.32 Å². The molecule has 0 radical (unpaired) electrons. The summed E-state index contributed by atoms with van der Waals surface area (Å²) in [7, 11) is 0. The van der Waals surface area contributed by atoms with E-state index >= 15 is 0 Å². The molecule has 0 aliphatic rings. The van der Waals surface area contributed by atoms with Crippen molar-refractivity contribution in [3.05, 3.63) is 72.4 Å². The number of aromatic nitrogens is 3. The van der Waals surface area contributed by atoms with Gasteiger partial charge in [0.15, 0.2) is 0 Å². The summed E-state index contributed by atoms with van der Waals surface area (Å²) in [5, 5.41) is 2.82. The molecule has 3 aromatic rings. The number of aryl methyl sites for hydroxylation is 1. The van der Waals surface area contributed by atoms with E-state index in [1.54, 1.807) is 25.5 Å². The van der Waals surface area contributed by atoms with Crippen LogP contribution in [0.4, 0.5) is 5.69 Å². The van der Waals surface area contributed by atoms with Crippen molar-refractivity contribution in [2.45, 2.75) is 6.92 Å². The van der Waals surface area contributed by atoms with Gasteiger partial charge in [0.25, 0.3) is 5.91 Å². The molecule has 0 unspecified atom stereocenters. The summed E-state index contributed by atoms with van der Waals surface area (Å²) in [5.41, 5.74) is 3.06. The Labute approximate surface area is 128 Å². The van der Waals surface area contributed by atoms with Gasteiger partial charge in [0.2, 0.25) is 0 Å². The van der Waals surface area contributed by atoms with Crippen LogP contribution in [-0.2, 0) is 0 Å². The summed E-state index contributed by atoms with van der Waals surface area (Å²) in [5.74, 6) is -0.276. The van der Waals surface area contributed by atoms with Crippen LogP contribution in [0.3, 0.4) is 0 Å². The maximum atomic E-state index is 12.4. The van der Waals surface area contributed by atoms with Gasteiger partial charge in [-0.3, -0.25) is 14.8 Å². The van der Waals surface area contributed by atoms with E-state index < -0.39 is 0 Å². The third-order valence-corrected chi connectivity index (χ3v) is 3.16. The fourth-order valence-corrected chi connectivity index (χ4v) is 2.03. The summed E-state index contributed by atoms with van der Waals surface area (Å²) >= 11 is 0. The van der Waals surface area contributed by atoms with E-state index in [1.807, 2.05) is 42.5 Å². The average Bonchev–Trinajstić information content (AvgIpc) is 2.57. The third-order valence-electron chi connectivity index (χ3n) is 3.16. The van der Waals surface area contributed by atoms with Crippen LogP contribution in [0.5, 0.6) is 0 Å². The van der Waals surface area contributed by atoms with Crippen molar-refractivity contribution in [1.82, 2.24) is 15.0 Å². The van der Waals surface area contributed by atoms with Crippen LogP contribution in [0.15, 0.2) is 61.1 Å². The molecule has 0 spiro atoms. The smallest absolute Gasteiger partial charge is 0.276 e. The number of para-hydroxylation sites is 1. The van der Waals surface area contributed by atoms with Crippen LogP contribution in [0.25, 0.3) is 11.3 Å². The van der Waals surface area contributed by atoms with Gasteiger partial charge < -0.3 is 5.32 Å². The zero-order chi connectivity index (χ0) is 15.4. The lowest BCUT2D eigenvalue weighted by molar-refractivity contribution is 0.102. The highest BCUT2D eigenvalue weighted by molar-refractivity contribution is 6.03. The van der Waals surface area contributed by atoms with E-state index in [2.05, 4.69) is 20.3 Å². The zero-order valence-corrected chi connectivity index (χ0v) is 12.0. The minimum absolute atomic E-state index is 0.276. The molecule has 2 heterocycles. The number of nitrogens with zero attached hydrogens (tertiary/aromatic N) is 3. The first-order valence-electron chi connectivity index (χ1n) is 6.84. The van der Waals surface area contributed by atoms with Gasteiger partial charge in [0.05, 0.1) is 17.6 Å². The summed E-state index contributed by atoms with van der Waals surface area (Å²) in [6.45, 7) is 1.76. The predicted octanol–water partition coefficient (Wildman–Crippen LogP) is 3.10. The number of pyridine rings is 1. The van der Waals surface area contributed by atoms with E-state index in [-0.39, 0.29) is 5.91 Å².